The van der Waals surface area contributed by atoms with Gasteiger partial charge in [-0.2, -0.15) is 0 Å². The van der Waals surface area contributed by atoms with Crippen molar-refractivity contribution in [3.05, 3.63) is 63.1 Å². The summed E-state index contributed by atoms with van der Waals surface area (Å²) in [6.45, 7) is 5.49. The third kappa shape index (κ3) is 5.81. The highest BCUT2D eigenvalue weighted by Crippen LogP contribution is 2.31. The van der Waals surface area contributed by atoms with Crippen molar-refractivity contribution < 1.29 is 24.2 Å². The van der Waals surface area contributed by atoms with E-state index in [1.807, 2.05) is 0 Å². The van der Waals surface area contributed by atoms with E-state index in [0.717, 1.165) is 5.56 Å². The van der Waals surface area contributed by atoms with Crippen LogP contribution in [0.2, 0.25) is 10.0 Å². The summed E-state index contributed by atoms with van der Waals surface area (Å²) in [5.41, 5.74) is 2.00. The molecule has 2 atom stereocenters. The Morgan fingerprint density at radius 2 is 1.94 bits per heavy atom. The van der Waals surface area contributed by atoms with Crippen LogP contribution in [0.1, 0.15) is 48.2 Å². The van der Waals surface area contributed by atoms with Crippen molar-refractivity contribution in [2.45, 2.75) is 45.8 Å². The number of rotatable bonds is 9. The molecule has 0 aliphatic carbocycles. The maximum absolute atomic E-state index is 12.9. The SMILES string of the molecule is Cc1cc(OCC(=O)O)ccc1C(=O)CCC1N=C(c2ccc(Cl)cc2Cl)OC1C(C)C. The standard InChI is InChI=1S/C24H25Cl2NO5/c1-13(2)23-20(27-24(32-23)18-6-4-15(25)11-19(18)26)8-9-21(28)17-7-5-16(10-14(17)3)31-12-22(29)30/h4-7,10-11,13,20,23H,8-9,12H2,1-3H3,(H,29,30). The zero-order valence-corrected chi connectivity index (χ0v) is 19.6. The van der Waals surface area contributed by atoms with Crippen molar-refractivity contribution in [2.24, 2.45) is 10.9 Å². The van der Waals surface area contributed by atoms with Gasteiger partial charge in [-0.05, 0) is 61.2 Å². The number of halogens is 2. The number of ketones is 1. The fourth-order valence-electron chi connectivity index (χ4n) is 3.66. The van der Waals surface area contributed by atoms with E-state index in [2.05, 4.69) is 13.8 Å². The maximum Gasteiger partial charge on any atom is 0.341 e. The second-order valence-corrected chi connectivity index (χ2v) is 8.92. The zero-order valence-electron chi connectivity index (χ0n) is 18.1. The number of Topliss-reactive ketones (excluding diaryl/α,β-unsaturated/α-hetero) is 1. The number of carboxylic acid groups (broad SMARTS) is 1. The van der Waals surface area contributed by atoms with Crippen molar-refractivity contribution in [3.8, 4) is 5.75 Å². The highest BCUT2D eigenvalue weighted by molar-refractivity contribution is 6.36. The van der Waals surface area contributed by atoms with E-state index >= 15 is 0 Å². The molecule has 6 nitrogen and oxygen atoms in total. The van der Waals surface area contributed by atoms with Gasteiger partial charge in [0.25, 0.3) is 0 Å². The number of aliphatic carboxylic acids is 1. The quantitative estimate of drug-likeness (QED) is 0.475. The van der Waals surface area contributed by atoms with E-state index in [1.54, 1.807) is 43.3 Å². The van der Waals surface area contributed by atoms with Crippen LogP contribution < -0.4 is 4.74 Å². The Kier molecular flexibility index (Phi) is 7.80. The van der Waals surface area contributed by atoms with Crippen LogP contribution in [0.4, 0.5) is 0 Å². The van der Waals surface area contributed by atoms with Gasteiger partial charge in [0.2, 0.25) is 5.90 Å². The summed E-state index contributed by atoms with van der Waals surface area (Å²) in [7, 11) is 0. The van der Waals surface area contributed by atoms with Crippen LogP contribution in [0.3, 0.4) is 0 Å². The summed E-state index contributed by atoms with van der Waals surface area (Å²) in [6, 6.07) is 9.95. The molecular formula is C24H25Cl2NO5. The molecule has 0 amide bonds. The molecular weight excluding hydrogens is 453 g/mol. The minimum absolute atomic E-state index is 0.0111. The normalized spacial score (nSPS) is 17.8. The summed E-state index contributed by atoms with van der Waals surface area (Å²) in [5.74, 6) is 0.0254. The molecule has 2 unspecified atom stereocenters. The van der Waals surface area contributed by atoms with Gasteiger partial charge in [-0.15, -0.1) is 0 Å². The molecule has 0 bridgehead atoms. The number of hydrogen-bond acceptors (Lipinski definition) is 5. The minimum atomic E-state index is -1.05. The molecule has 1 heterocycles. The fourth-order valence-corrected chi connectivity index (χ4v) is 4.15. The zero-order chi connectivity index (χ0) is 23.4. The number of carbonyl (C=O) groups excluding carboxylic acids is 1. The number of aryl methyl sites for hydroxylation is 1. The third-order valence-electron chi connectivity index (χ3n) is 5.26. The van der Waals surface area contributed by atoms with Gasteiger partial charge in [-0.25, -0.2) is 9.79 Å². The van der Waals surface area contributed by atoms with E-state index < -0.39 is 12.6 Å². The Morgan fingerprint density at radius 3 is 2.56 bits per heavy atom. The first-order valence-electron chi connectivity index (χ1n) is 10.3. The average molecular weight is 478 g/mol. The Hall–Kier alpha value is -2.57. The van der Waals surface area contributed by atoms with Crippen LogP contribution in [0.5, 0.6) is 5.75 Å². The molecule has 3 rings (SSSR count). The van der Waals surface area contributed by atoms with Crippen molar-refractivity contribution in [1.82, 2.24) is 0 Å². The molecule has 2 aromatic carbocycles. The van der Waals surface area contributed by atoms with E-state index in [9.17, 15) is 9.59 Å². The fraction of sp³-hybridized carbons (Fsp3) is 0.375. The lowest BCUT2D eigenvalue weighted by molar-refractivity contribution is -0.139. The predicted octanol–water partition coefficient (Wildman–Crippen LogP) is 5.60. The van der Waals surface area contributed by atoms with Gasteiger partial charge in [0.15, 0.2) is 12.4 Å². The number of carboxylic acids is 1. The summed E-state index contributed by atoms with van der Waals surface area (Å²) >= 11 is 12.3. The number of nitrogens with zero attached hydrogens (tertiary/aromatic N) is 1. The molecule has 1 N–H and O–H groups in total. The average Bonchev–Trinajstić information content (AvgIpc) is 3.14. The lowest BCUT2D eigenvalue weighted by Gasteiger charge is -2.21. The second kappa shape index (κ2) is 10.4. The smallest absolute Gasteiger partial charge is 0.341 e. The van der Waals surface area contributed by atoms with Gasteiger partial charge in [0.05, 0.1) is 16.6 Å². The molecule has 0 aromatic heterocycles. The molecule has 170 valence electrons. The summed E-state index contributed by atoms with van der Waals surface area (Å²) in [4.78, 5) is 28.2. The lowest BCUT2D eigenvalue weighted by atomic mass is 9.94. The van der Waals surface area contributed by atoms with Crippen LogP contribution in [0, 0.1) is 12.8 Å². The molecule has 0 spiro atoms. The molecule has 32 heavy (non-hydrogen) atoms. The highest BCUT2D eigenvalue weighted by Gasteiger charge is 2.34. The molecule has 2 aromatic rings. The second-order valence-electron chi connectivity index (χ2n) is 8.07. The Morgan fingerprint density at radius 1 is 1.19 bits per heavy atom. The monoisotopic (exact) mass is 477 g/mol. The third-order valence-corrected chi connectivity index (χ3v) is 5.80. The van der Waals surface area contributed by atoms with Crippen molar-refractivity contribution >= 4 is 40.9 Å². The molecule has 0 radical (unpaired) electrons. The number of ether oxygens (including phenoxy) is 2. The van der Waals surface area contributed by atoms with E-state index in [-0.39, 0.29) is 23.8 Å². The minimum Gasteiger partial charge on any atom is -0.482 e. The highest BCUT2D eigenvalue weighted by atomic mass is 35.5. The maximum atomic E-state index is 12.9. The Balaban J connectivity index is 1.70. The van der Waals surface area contributed by atoms with Gasteiger partial charge in [0, 0.05) is 17.0 Å². The summed E-state index contributed by atoms with van der Waals surface area (Å²) in [5, 5.41) is 9.73. The first kappa shape index (κ1) is 24.1. The van der Waals surface area contributed by atoms with Crippen molar-refractivity contribution in [2.75, 3.05) is 6.61 Å². The molecule has 0 saturated carbocycles. The number of carbonyl (C=O) groups is 2. The summed E-state index contributed by atoms with van der Waals surface area (Å²) in [6.07, 6.45) is 0.684. The van der Waals surface area contributed by atoms with Gasteiger partial charge >= 0.3 is 5.97 Å². The van der Waals surface area contributed by atoms with Crippen LogP contribution in [0.15, 0.2) is 41.4 Å². The molecule has 0 saturated heterocycles. The van der Waals surface area contributed by atoms with Crippen LogP contribution in [-0.4, -0.2) is 41.5 Å². The van der Waals surface area contributed by atoms with Crippen molar-refractivity contribution in [3.63, 3.8) is 0 Å². The van der Waals surface area contributed by atoms with Gasteiger partial charge in [-0.1, -0.05) is 37.0 Å². The number of benzene rings is 2. The number of hydrogen-bond donors (Lipinski definition) is 1. The number of aliphatic imine (C=N–C) groups is 1. The Labute approximate surface area is 197 Å². The van der Waals surface area contributed by atoms with Crippen LogP contribution >= 0.6 is 23.2 Å². The van der Waals surface area contributed by atoms with Crippen molar-refractivity contribution in [1.29, 1.82) is 0 Å². The largest absolute Gasteiger partial charge is 0.482 e. The molecule has 1 aliphatic heterocycles. The topological polar surface area (TPSA) is 85.2 Å². The molecule has 1 aliphatic rings. The first-order valence-corrected chi connectivity index (χ1v) is 11.1. The van der Waals surface area contributed by atoms with E-state index in [1.165, 1.54) is 0 Å². The summed E-state index contributed by atoms with van der Waals surface area (Å²) < 4.78 is 11.3. The van der Waals surface area contributed by atoms with E-state index in [0.29, 0.717) is 45.7 Å². The first-order chi connectivity index (χ1) is 15.2. The van der Waals surface area contributed by atoms with Gasteiger partial charge in [0.1, 0.15) is 11.9 Å². The van der Waals surface area contributed by atoms with Crippen LogP contribution in [-0.2, 0) is 9.53 Å². The molecule has 0 fully saturated rings. The van der Waals surface area contributed by atoms with Gasteiger partial charge < -0.3 is 14.6 Å². The van der Waals surface area contributed by atoms with E-state index in [4.69, 9.17) is 42.8 Å². The lowest BCUT2D eigenvalue weighted by Crippen LogP contribution is -2.28. The molecule has 8 heteroatoms. The van der Waals surface area contributed by atoms with Gasteiger partial charge in [-0.3, -0.25) is 4.79 Å². The van der Waals surface area contributed by atoms with Crippen LogP contribution in [0.25, 0.3) is 0 Å². The predicted molar refractivity (Wildman–Crippen MR) is 124 cm³/mol. The Bertz CT molecular complexity index is 1050.